The largest absolute Gasteiger partial charge is 0.467 e. The number of hydrogen-bond donors (Lipinski definition) is 0. The number of para-hydroxylation sites is 3. The van der Waals surface area contributed by atoms with Gasteiger partial charge in [-0.1, -0.05) is 60.7 Å². The van der Waals surface area contributed by atoms with Crippen LogP contribution < -0.4 is 0 Å². The van der Waals surface area contributed by atoms with E-state index in [0.29, 0.717) is 16.8 Å². The summed E-state index contributed by atoms with van der Waals surface area (Å²) in [5.74, 6) is 0. The molecule has 0 aliphatic rings. The van der Waals surface area contributed by atoms with Crippen molar-refractivity contribution in [3.63, 3.8) is 0 Å². The molecule has 0 fully saturated rings. The van der Waals surface area contributed by atoms with Crippen LogP contribution in [0.1, 0.15) is 5.56 Å². The number of nitrogens with zero attached hydrogens (tertiary/aromatic N) is 4. The monoisotopic (exact) mass is 548 g/mol. The van der Waals surface area contributed by atoms with Crippen LogP contribution in [0.25, 0.3) is 81.8 Å². The molecular formula is C38H20N4O. The van der Waals surface area contributed by atoms with E-state index < -0.39 is 0 Å². The van der Waals surface area contributed by atoms with Gasteiger partial charge >= 0.3 is 0 Å². The quantitative estimate of drug-likeness (QED) is 0.202. The number of aromatic nitrogens is 2. The molecule has 0 N–H and O–H groups in total. The van der Waals surface area contributed by atoms with Gasteiger partial charge in [-0.15, -0.1) is 0 Å². The molecule has 0 saturated carbocycles. The molecule has 5 heteroatoms. The fourth-order valence-electron chi connectivity index (χ4n) is 6.70. The Balaban J connectivity index is 1.35. The minimum atomic E-state index is 0.520. The highest BCUT2D eigenvalue weighted by atomic mass is 16.3. The van der Waals surface area contributed by atoms with Crippen LogP contribution in [0.15, 0.2) is 126 Å². The van der Waals surface area contributed by atoms with Crippen molar-refractivity contribution in [1.29, 1.82) is 5.26 Å². The Morgan fingerprint density at radius 1 is 0.558 bits per heavy atom. The Morgan fingerprint density at radius 2 is 1.19 bits per heavy atom. The zero-order chi connectivity index (χ0) is 28.7. The van der Waals surface area contributed by atoms with Gasteiger partial charge in [0.1, 0.15) is 11.2 Å². The zero-order valence-corrected chi connectivity index (χ0v) is 22.7. The van der Waals surface area contributed by atoms with Crippen molar-refractivity contribution in [2.45, 2.75) is 0 Å². The van der Waals surface area contributed by atoms with Crippen LogP contribution in [0.5, 0.6) is 0 Å². The van der Waals surface area contributed by atoms with Crippen molar-refractivity contribution in [3.05, 3.63) is 138 Å². The lowest BCUT2D eigenvalue weighted by molar-refractivity contribution is 0.671. The molecule has 0 saturated heterocycles. The van der Waals surface area contributed by atoms with Gasteiger partial charge in [0.15, 0.2) is 0 Å². The molecule has 0 unspecified atom stereocenters. The van der Waals surface area contributed by atoms with Crippen LogP contribution in [0.2, 0.25) is 0 Å². The average molecular weight is 549 g/mol. The van der Waals surface area contributed by atoms with Crippen LogP contribution >= 0.6 is 0 Å². The summed E-state index contributed by atoms with van der Waals surface area (Å²) in [5.41, 5.74) is 8.98. The molecule has 9 rings (SSSR count). The maximum atomic E-state index is 9.57. The molecule has 0 radical (unpaired) electrons. The van der Waals surface area contributed by atoms with Crippen molar-refractivity contribution in [1.82, 2.24) is 9.13 Å². The number of hydrogen-bond acceptors (Lipinski definition) is 2. The van der Waals surface area contributed by atoms with E-state index in [-0.39, 0.29) is 0 Å². The zero-order valence-electron chi connectivity index (χ0n) is 22.7. The molecule has 0 amide bonds. The van der Waals surface area contributed by atoms with E-state index >= 15 is 0 Å². The Morgan fingerprint density at radius 3 is 1.91 bits per heavy atom. The number of furan rings is 1. The molecule has 0 atom stereocenters. The second-order valence-corrected chi connectivity index (χ2v) is 10.8. The van der Waals surface area contributed by atoms with Gasteiger partial charge in [-0.3, -0.25) is 0 Å². The first-order valence-corrected chi connectivity index (χ1v) is 14.0. The maximum absolute atomic E-state index is 9.57. The van der Waals surface area contributed by atoms with Gasteiger partial charge in [0.25, 0.3) is 0 Å². The molecule has 9 aromatic rings. The maximum Gasteiger partial charge on any atom is 0.229 e. The molecule has 0 aliphatic carbocycles. The summed E-state index contributed by atoms with van der Waals surface area (Å²) in [6.07, 6.45) is 0. The summed E-state index contributed by atoms with van der Waals surface area (Å²) in [4.78, 5) is 3.69. The second-order valence-electron chi connectivity index (χ2n) is 10.8. The number of benzene rings is 6. The van der Waals surface area contributed by atoms with Gasteiger partial charge in [0, 0.05) is 43.7 Å². The van der Waals surface area contributed by atoms with Gasteiger partial charge < -0.3 is 13.6 Å². The molecule has 198 valence electrons. The molecule has 0 bridgehead atoms. The van der Waals surface area contributed by atoms with Crippen LogP contribution in [0.3, 0.4) is 0 Å². The number of nitriles is 1. The van der Waals surface area contributed by atoms with E-state index in [9.17, 15) is 5.26 Å². The Kier molecular flexibility index (Phi) is 4.68. The highest BCUT2D eigenvalue weighted by Crippen LogP contribution is 2.41. The molecule has 3 heterocycles. The molecule has 43 heavy (non-hydrogen) atoms. The summed E-state index contributed by atoms with van der Waals surface area (Å²) in [7, 11) is 0. The summed E-state index contributed by atoms with van der Waals surface area (Å²) in [6, 6.07) is 43.6. The summed E-state index contributed by atoms with van der Waals surface area (Å²) >= 11 is 0. The molecular weight excluding hydrogens is 528 g/mol. The highest BCUT2D eigenvalue weighted by Gasteiger charge is 2.18. The summed E-state index contributed by atoms with van der Waals surface area (Å²) < 4.78 is 10.9. The van der Waals surface area contributed by atoms with E-state index in [1.54, 1.807) is 6.07 Å². The van der Waals surface area contributed by atoms with E-state index in [1.807, 2.05) is 36.4 Å². The fraction of sp³-hybridized carbons (Fsp3) is 0. The minimum absolute atomic E-state index is 0.520. The minimum Gasteiger partial charge on any atom is -0.467 e. The van der Waals surface area contributed by atoms with Crippen molar-refractivity contribution >= 4 is 71.2 Å². The predicted molar refractivity (Wildman–Crippen MR) is 173 cm³/mol. The third kappa shape index (κ3) is 3.19. The van der Waals surface area contributed by atoms with Crippen molar-refractivity contribution in [2.75, 3.05) is 0 Å². The highest BCUT2D eigenvalue weighted by molar-refractivity contribution is 6.18. The first kappa shape index (κ1) is 23.4. The van der Waals surface area contributed by atoms with Crippen molar-refractivity contribution < 1.29 is 4.42 Å². The summed E-state index contributed by atoms with van der Waals surface area (Å²) in [5, 5.41) is 15.9. The predicted octanol–water partition coefficient (Wildman–Crippen LogP) is 10.2. The Labute approximate surface area is 245 Å². The first-order valence-electron chi connectivity index (χ1n) is 14.0. The first-order chi connectivity index (χ1) is 21.2. The van der Waals surface area contributed by atoms with Gasteiger partial charge in [0.2, 0.25) is 5.69 Å². The number of rotatable bonds is 2. The van der Waals surface area contributed by atoms with E-state index in [0.717, 1.165) is 71.3 Å². The molecule has 3 aromatic heterocycles. The standard InChI is InChI=1S/C38H20N4O/c1-40-32-13-7-12-28-31-20-36-30(21-37(31)43-38(28)32)27-11-3-5-15-34(27)42(36)25-9-6-8-24(19-25)41-33-14-4-2-10-26(33)29-18-23(22-39)16-17-35(29)41/h2-21H. The summed E-state index contributed by atoms with van der Waals surface area (Å²) in [6.45, 7) is 7.61. The third-order valence-corrected chi connectivity index (χ3v) is 8.54. The molecule has 5 nitrogen and oxygen atoms in total. The molecule has 0 aliphatic heterocycles. The van der Waals surface area contributed by atoms with Crippen molar-refractivity contribution in [3.8, 4) is 17.4 Å². The van der Waals surface area contributed by atoms with Crippen molar-refractivity contribution in [2.24, 2.45) is 0 Å². The van der Waals surface area contributed by atoms with E-state index in [1.165, 1.54) is 0 Å². The molecule has 6 aromatic carbocycles. The normalized spacial score (nSPS) is 11.7. The Bertz CT molecular complexity index is 2710. The van der Waals surface area contributed by atoms with E-state index in [2.05, 4.69) is 98.9 Å². The lowest BCUT2D eigenvalue weighted by Crippen LogP contribution is -1.98. The smallest absolute Gasteiger partial charge is 0.229 e. The van der Waals surface area contributed by atoms with Gasteiger partial charge in [-0.05, 0) is 60.7 Å². The fourth-order valence-corrected chi connectivity index (χ4v) is 6.70. The SMILES string of the molecule is [C-]#[N+]c1cccc2c1oc1cc3c4ccccc4n(-c4cccc(-n5c6ccccc6c6cc(C#N)ccc65)c4)c3cc12. The lowest BCUT2D eigenvalue weighted by Gasteiger charge is -2.13. The Hall–Kier alpha value is -6.30. The average Bonchev–Trinajstić information content (AvgIpc) is 3.70. The van der Waals surface area contributed by atoms with Gasteiger partial charge in [-0.2, -0.15) is 5.26 Å². The third-order valence-electron chi connectivity index (χ3n) is 8.54. The van der Waals surface area contributed by atoms with Crippen LogP contribution in [0, 0.1) is 17.9 Å². The molecule has 0 spiro atoms. The van der Waals surface area contributed by atoms with Crippen LogP contribution in [-0.4, -0.2) is 9.13 Å². The number of fused-ring (bicyclic) bond motifs is 9. The van der Waals surface area contributed by atoms with Crippen LogP contribution in [0.4, 0.5) is 5.69 Å². The second kappa shape index (κ2) is 8.60. The lowest BCUT2D eigenvalue weighted by atomic mass is 10.1. The van der Waals surface area contributed by atoms with Gasteiger partial charge in [-0.25, -0.2) is 4.85 Å². The van der Waals surface area contributed by atoms with E-state index in [4.69, 9.17) is 11.0 Å². The topological polar surface area (TPSA) is 51.1 Å². The van der Waals surface area contributed by atoms with Gasteiger partial charge in [0.05, 0.1) is 40.3 Å². The van der Waals surface area contributed by atoms with Crippen LogP contribution in [-0.2, 0) is 0 Å².